The molecule has 0 bridgehead atoms. The molecule has 1 aliphatic heterocycles. The Bertz CT molecular complexity index is 1420. The average Bonchev–Trinajstić information content (AvgIpc) is 3.36. The van der Waals surface area contributed by atoms with Crippen LogP contribution in [0.5, 0.6) is 0 Å². The smallest absolute Gasteiger partial charge is 0.246 e. The van der Waals surface area contributed by atoms with E-state index in [2.05, 4.69) is 32.7 Å². The predicted octanol–water partition coefficient (Wildman–Crippen LogP) is 7.64. The van der Waals surface area contributed by atoms with Crippen molar-refractivity contribution in [3.8, 4) is 0 Å². The van der Waals surface area contributed by atoms with Crippen molar-refractivity contribution in [1.82, 2.24) is 10.2 Å². The second-order valence-corrected chi connectivity index (χ2v) is 14.6. The van der Waals surface area contributed by atoms with Gasteiger partial charge in [0.1, 0.15) is 18.2 Å². The van der Waals surface area contributed by atoms with Crippen LogP contribution in [0, 0.1) is 5.41 Å². The maximum absolute atomic E-state index is 14.6. The van der Waals surface area contributed by atoms with Crippen LogP contribution in [0.4, 0.5) is 0 Å². The molecule has 7 heteroatoms. The first-order valence-electron chi connectivity index (χ1n) is 17.1. The van der Waals surface area contributed by atoms with Gasteiger partial charge < -0.3 is 24.4 Å². The number of carbonyl (C=O) groups is 2. The molecule has 48 heavy (non-hydrogen) atoms. The fraction of sp³-hybridized carbons (Fsp3) is 0.463. The number of amides is 2. The molecule has 258 valence electrons. The molecule has 1 aliphatic rings. The zero-order valence-electron chi connectivity index (χ0n) is 29.4. The Labute approximate surface area is 287 Å². The average molecular weight is 655 g/mol. The van der Waals surface area contributed by atoms with Crippen LogP contribution in [0.1, 0.15) is 77.0 Å². The molecule has 3 aromatic carbocycles. The molecule has 1 N–H and O–H groups in total. The van der Waals surface area contributed by atoms with Crippen LogP contribution in [0.15, 0.2) is 104 Å². The second kappa shape index (κ2) is 17.6. The molecule has 0 spiro atoms. The van der Waals surface area contributed by atoms with E-state index in [0.29, 0.717) is 26.1 Å². The van der Waals surface area contributed by atoms with Gasteiger partial charge >= 0.3 is 0 Å². The van der Waals surface area contributed by atoms with Crippen LogP contribution in [-0.4, -0.2) is 53.2 Å². The molecule has 0 aromatic heterocycles. The fourth-order valence-electron chi connectivity index (χ4n) is 6.81. The lowest BCUT2D eigenvalue weighted by molar-refractivity contribution is -0.145. The van der Waals surface area contributed by atoms with E-state index >= 15 is 0 Å². The van der Waals surface area contributed by atoms with Crippen LogP contribution < -0.4 is 5.32 Å². The molecule has 1 fully saturated rings. The summed E-state index contributed by atoms with van der Waals surface area (Å²) in [5, 5.41) is 3.31. The van der Waals surface area contributed by atoms with E-state index in [9.17, 15) is 9.59 Å². The molecule has 1 saturated heterocycles. The highest BCUT2D eigenvalue weighted by molar-refractivity contribution is 5.90. The van der Waals surface area contributed by atoms with Crippen LogP contribution >= 0.6 is 0 Å². The van der Waals surface area contributed by atoms with Crippen LogP contribution in [0.2, 0.25) is 0 Å². The van der Waals surface area contributed by atoms with Gasteiger partial charge in [0, 0.05) is 12.0 Å². The molecule has 1 heterocycles. The van der Waals surface area contributed by atoms with Crippen molar-refractivity contribution in [3.63, 3.8) is 0 Å². The van der Waals surface area contributed by atoms with E-state index in [1.807, 2.05) is 111 Å². The Morgan fingerprint density at radius 2 is 1.27 bits per heavy atom. The van der Waals surface area contributed by atoms with Crippen molar-refractivity contribution in [2.45, 2.75) is 110 Å². The number of nitrogens with one attached hydrogen (secondary N) is 1. The van der Waals surface area contributed by atoms with Gasteiger partial charge in [-0.05, 0) is 55.2 Å². The van der Waals surface area contributed by atoms with Crippen LogP contribution in [0.3, 0.4) is 0 Å². The van der Waals surface area contributed by atoms with Gasteiger partial charge in [-0.1, -0.05) is 118 Å². The second-order valence-electron chi connectivity index (χ2n) is 14.6. The molecule has 4 atom stereocenters. The van der Waals surface area contributed by atoms with E-state index in [1.165, 1.54) is 0 Å². The van der Waals surface area contributed by atoms with E-state index < -0.39 is 29.8 Å². The molecule has 0 aliphatic carbocycles. The van der Waals surface area contributed by atoms with E-state index in [0.717, 1.165) is 23.1 Å². The molecule has 2 amide bonds. The number of allylic oxidation sites excluding steroid dienone is 1. The van der Waals surface area contributed by atoms with Crippen molar-refractivity contribution >= 4 is 11.8 Å². The molecule has 0 radical (unpaired) electrons. The SMILES string of the molecule is C=CCCCC(=O)N1[C@H](COCc2ccccc2)[C@H](OCc2ccccc2)[C@H](OCc2ccccc2)[C@@H]1C(=O)NC(C)(C)CC(C)(C)C. The van der Waals surface area contributed by atoms with Gasteiger partial charge in [0.05, 0.1) is 32.5 Å². The van der Waals surface area contributed by atoms with Crippen molar-refractivity contribution in [1.29, 1.82) is 0 Å². The predicted molar refractivity (Wildman–Crippen MR) is 191 cm³/mol. The molecule has 7 nitrogen and oxygen atoms in total. The summed E-state index contributed by atoms with van der Waals surface area (Å²) in [5.74, 6) is -0.378. The number of likely N-dealkylation sites (tertiary alicyclic amines) is 1. The summed E-state index contributed by atoms with van der Waals surface area (Å²) in [5.41, 5.74) is 2.44. The summed E-state index contributed by atoms with van der Waals surface area (Å²) in [4.78, 5) is 30.5. The number of hydrogen-bond donors (Lipinski definition) is 1. The van der Waals surface area contributed by atoms with Gasteiger partial charge in [-0.25, -0.2) is 0 Å². The monoisotopic (exact) mass is 654 g/mol. The lowest BCUT2D eigenvalue weighted by Crippen LogP contribution is -2.57. The highest BCUT2D eigenvalue weighted by Crippen LogP contribution is 2.35. The first-order valence-corrected chi connectivity index (χ1v) is 17.1. The minimum Gasteiger partial charge on any atom is -0.375 e. The third-order valence-corrected chi connectivity index (χ3v) is 8.43. The van der Waals surface area contributed by atoms with Gasteiger partial charge in [-0.3, -0.25) is 9.59 Å². The van der Waals surface area contributed by atoms with E-state index in [4.69, 9.17) is 14.2 Å². The molecule has 0 saturated carbocycles. The maximum atomic E-state index is 14.6. The topological polar surface area (TPSA) is 77.1 Å². The standard InChI is InChI=1S/C41H54N2O5/c1-7-8-12-25-35(44)43-34(29-46-26-31-19-13-9-14-20-31)37(47-27-32-21-15-10-16-22-32)38(48-28-33-23-17-11-18-24-33)36(43)39(45)42-41(5,6)30-40(2,3)4/h7,9-11,13-24,34,36-38H,1,8,12,25-30H2,2-6H3,(H,42,45)/t34-,36-,37+,38-/m1/s1. The Hall–Kier alpha value is -3.78. The van der Waals surface area contributed by atoms with E-state index in [1.54, 1.807) is 4.90 Å². The van der Waals surface area contributed by atoms with Crippen LogP contribution in [0.25, 0.3) is 0 Å². The lowest BCUT2D eigenvalue weighted by atomic mass is 9.81. The number of nitrogens with zero attached hydrogens (tertiary/aromatic N) is 1. The lowest BCUT2D eigenvalue weighted by Gasteiger charge is -2.37. The summed E-state index contributed by atoms with van der Waals surface area (Å²) in [6, 6.07) is 28.3. The van der Waals surface area contributed by atoms with Gasteiger partial charge in [0.15, 0.2) is 0 Å². The van der Waals surface area contributed by atoms with E-state index in [-0.39, 0.29) is 36.9 Å². The van der Waals surface area contributed by atoms with Gasteiger partial charge in [0.25, 0.3) is 0 Å². The Morgan fingerprint density at radius 3 is 1.77 bits per heavy atom. The highest BCUT2D eigenvalue weighted by atomic mass is 16.5. The number of ether oxygens (including phenoxy) is 3. The number of hydrogen-bond acceptors (Lipinski definition) is 5. The molecule has 3 aromatic rings. The summed E-state index contributed by atoms with van der Waals surface area (Å²) in [6.07, 6.45) is 2.79. The Morgan fingerprint density at radius 1 is 0.771 bits per heavy atom. The minimum atomic E-state index is -0.921. The number of benzene rings is 3. The van der Waals surface area contributed by atoms with Gasteiger partial charge in [-0.2, -0.15) is 0 Å². The van der Waals surface area contributed by atoms with Crippen LogP contribution in [-0.2, 0) is 43.6 Å². The molecular formula is C41H54N2O5. The zero-order valence-corrected chi connectivity index (χ0v) is 29.4. The van der Waals surface area contributed by atoms with Crippen molar-refractivity contribution in [2.75, 3.05) is 6.61 Å². The van der Waals surface area contributed by atoms with Gasteiger partial charge in [-0.15, -0.1) is 6.58 Å². The zero-order chi connectivity index (χ0) is 34.6. The fourth-order valence-corrected chi connectivity index (χ4v) is 6.81. The maximum Gasteiger partial charge on any atom is 0.246 e. The van der Waals surface area contributed by atoms with Crippen molar-refractivity contribution in [3.05, 3.63) is 120 Å². The van der Waals surface area contributed by atoms with Crippen molar-refractivity contribution < 1.29 is 23.8 Å². The normalized spacial score (nSPS) is 19.6. The summed E-state index contributed by atoms with van der Waals surface area (Å²) in [7, 11) is 0. The Balaban J connectivity index is 1.73. The first kappa shape index (κ1) is 37.0. The molecule has 0 unspecified atom stereocenters. The molecular weight excluding hydrogens is 600 g/mol. The highest BCUT2D eigenvalue weighted by Gasteiger charge is 2.56. The summed E-state index contributed by atoms with van der Waals surface area (Å²) < 4.78 is 19.7. The Kier molecular flexibility index (Phi) is 13.6. The third-order valence-electron chi connectivity index (χ3n) is 8.43. The largest absolute Gasteiger partial charge is 0.375 e. The molecule has 4 rings (SSSR count). The number of unbranched alkanes of at least 4 members (excludes halogenated alkanes) is 1. The summed E-state index contributed by atoms with van der Waals surface area (Å²) >= 11 is 0. The van der Waals surface area contributed by atoms with Crippen molar-refractivity contribution in [2.24, 2.45) is 5.41 Å². The van der Waals surface area contributed by atoms with Gasteiger partial charge in [0.2, 0.25) is 11.8 Å². The first-order chi connectivity index (χ1) is 23.0. The number of rotatable bonds is 17. The quantitative estimate of drug-likeness (QED) is 0.120. The minimum absolute atomic E-state index is 0.0228. The third kappa shape index (κ3) is 11.1. The summed E-state index contributed by atoms with van der Waals surface area (Å²) in [6.45, 7) is 15.5. The number of carbonyl (C=O) groups excluding carboxylic acids is 2.